The molecular weight excluding hydrogens is 615 g/mol. The van der Waals surface area contributed by atoms with Crippen molar-refractivity contribution in [3.8, 4) is 49.1 Å². The third kappa shape index (κ3) is 3.51. The largest absolute Gasteiger partial charge is 0.309 e. The van der Waals surface area contributed by atoms with E-state index in [1.807, 2.05) is 18.2 Å². The Morgan fingerprint density at radius 2 is 1.06 bits per heavy atom. The molecule has 1 aliphatic carbocycles. The minimum absolute atomic E-state index is 0.468. The second kappa shape index (κ2) is 9.96. The lowest BCUT2D eigenvalue weighted by molar-refractivity contribution is 0.748. The fraction of sp³-hybridized carbons (Fsp3) is 0.0222. The van der Waals surface area contributed by atoms with Crippen molar-refractivity contribution >= 4 is 33.1 Å². The summed E-state index contributed by atoms with van der Waals surface area (Å²) in [7, 11) is 0. The van der Waals surface area contributed by atoms with E-state index >= 15 is 0 Å². The summed E-state index contributed by atoms with van der Waals surface area (Å²) in [5.74, 6) is 0. The van der Waals surface area contributed by atoms with Crippen molar-refractivity contribution in [1.82, 2.24) is 14.8 Å². The zero-order valence-electron chi connectivity index (χ0n) is 26.3. The quantitative estimate of drug-likeness (QED) is 0.192. The molecule has 3 nitrogen and oxygen atoms in total. The van der Waals surface area contributed by atoms with Crippen molar-refractivity contribution in [2.24, 2.45) is 0 Å². The second-order valence-corrected chi connectivity index (χ2v) is 13.9. The number of rotatable bonds is 3. The Morgan fingerprint density at radius 1 is 0.449 bits per heavy atom. The number of fused-ring (bicyclic) bond motifs is 12. The average molecular weight is 642 g/mol. The van der Waals surface area contributed by atoms with Crippen LogP contribution >= 0.6 is 11.3 Å². The normalized spacial score (nSPS) is 15.4. The molecule has 0 saturated carbocycles. The highest BCUT2D eigenvalue weighted by atomic mass is 32.1. The fourth-order valence-corrected chi connectivity index (χ4v) is 9.55. The third-order valence-electron chi connectivity index (χ3n) is 10.6. The van der Waals surface area contributed by atoms with Gasteiger partial charge in [0.2, 0.25) is 0 Å². The SMILES string of the molecule is c1ccc(-c2nnc(-c3cccc(-c4cccc5c4-c4ccccc4C54c5ccccc5-n5c6ccccc6c6cccc4c65)c3)s2)cc1. The first-order chi connectivity index (χ1) is 24.3. The Hall–Kier alpha value is -6.10. The minimum atomic E-state index is -0.468. The summed E-state index contributed by atoms with van der Waals surface area (Å²) in [4.78, 5) is 0. The summed E-state index contributed by atoms with van der Waals surface area (Å²) in [6.45, 7) is 0. The molecule has 228 valence electrons. The van der Waals surface area contributed by atoms with E-state index in [1.54, 1.807) is 11.3 Å². The summed E-state index contributed by atoms with van der Waals surface area (Å²) in [6.07, 6.45) is 0. The van der Waals surface area contributed by atoms with Crippen LogP contribution in [-0.4, -0.2) is 14.8 Å². The summed E-state index contributed by atoms with van der Waals surface area (Å²) >= 11 is 1.63. The van der Waals surface area contributed by atoms with E-state index in [-0.39, 0.29) is 0 Å². The van der Waals surface area contributed by atoms with Crippen molar-refractivity contribution in [3.05, 3.63) is 186 Å². The zero-order chi connectivity index (χ0) is 32.1. The van der Waals surface area contributed by atoms with Crippen molar-refractivity contribution < 1.29 is 0 Å². The van der Waals surface area contributed by atoms with E-state index in [9.17, 15) is 0 Å². The summed E-state index contributed by atoms with van der Waals surface area (Å²) in [5.41, 5.74) is 15.8. The van der Waals surface area contributed by atoms with Crippen LogP contribution in [0.4, 0.5) is 0 Å². The highest BCUT2D eigenvalue weighted by Crippen LogP contribution is 2.62. The molecule has 11 rings (SSSR count). The molecule has 0 N–H and O–H groups in total. The molecule has 9 aromatic rings. The van der Waals surface area contributed by atoms with Gasteiger partial charge in [-0.2, -0.15) is 0 Å². The minimum Gasteiger partial charge on any atom is -0.309 e. The lowest BCUT2D eigenvalue weighted by Gasteiger charge is -2.39. The van der Waals surface area contributed by atoms with Gasteiger partial charge in [-0.15, -0.1) is 10.2 Å². The van der Waals surface area contributed by atoms with Crippen molar-refractivity contribution in [2.75, 3.05) is 0 Å². The van der Waals surface area contributed by atoms with Gasteiger partial charge in [0, 0.05) is 21.9 Å². The number of para-hydroxylation sites is 3. The van der Waals surface area contributed by atoms with Gasteiger partial charge in [0.05, 0.1) is 22.1 Å². The zero-order valence-corrected chi connectivity index (χ0v) is 27.2. The molecule has 1 atom stereocenters. The van der Waals surface area contributed by atoms with Gasteiger partial charge in [0.1, 0.15) is 10.0 Å². The number of aromatic nitrogens is 3. The first kappa shape index (κ1) is 26.9. The average Bonchev–Trinajstić information content (AvgIpc) is 3.88. The molecule has 0 saturated heterocycles. The highest BCUT2D eigenvalue weighted by molar-refractivity contribution is 7.17. The van der Waals surface area contributed by atoms with Gasteiger partial charge in [0.15, 0.2) is 0 Å². The molecule has 0 amide bonds. The van der Waals surface area contributed by atoms with Crippen LogP contribution in [0.1, 0.15) is 22.3 Å². The molecule has 3 heterocycles. The molecule has 2 aromatic heterocycles. The molecule has 1 unspecified atom stereocenters. The number of hydrogen-bond acceptors (Lipinski definition) is 3. The molecular formula is C45H27N3S. The maximum absolute atomic E-state index is 4.63. The molecule has 1 spiro atoms. The van der Waals surface area contributed by atoms with Gasteiger partial charge >= 0.3 is 0 Å². The van der Waals surface area contributed by atoms with Crippen LogP contribution in [0.3, 0.4) is 0 Å². The van der Waals surface area contributed by atoms with Gasteiger partial charge in [-0.3, -0.25) is 0 Å². The van der Waals surface area contributed by atoms with Gasteiger partial charge in [-0.25, -0.2) is 0 Å². The molecule has 1 aliphatic heterocycles. The van der Waals surface area contributed by atoms with Crippen LogP contribution < -0.4 is 0 Å². The van der Waals surface area contributed by atoms with E-state index in [4.69, 9.17) is 0 Å². The van der Waals surface area contributed by atoms with E-state index in [0.29, 0.717) is 0 Å². The molecule has 0 radical (unpaired) electrons. The fourth-order valence-electron chi connectivity index (χ4n) is 8.71. The van der Waals surface area contributed by atoms with Crippen LogP contribution in [0, 0.1) is 0 Å². The van der Waals surface area contributed by atoms with Crippen molar-refractivity contribution in [2.45, 2.75) is 5.41 Å². The highest BCUT2D eigenvalue weighted by Gasteiger charge is 2.51. The van der Waals surface area contributed by atoms with Crippen LogP contribution in [-0.2, 0) is 5.41 Å². The van der Waals surface area contributed by atoms with Crippen LogP contribution in [0.15, 0.2) is 164 Å². The lowest BCUT2D eigenvalue weighted by Crippen LogP contribution is -2.33. The first-order valence-electron chi connectivity index (χ1n) is 16.7. The Morgan fingerprint density at radius 3 is 1.98 bits per heavy atom. The van der Waals surface area contributed by atoms with Gasteiger partial charge in [0.25, 0.3) is 0 Å². The predicted molar refractivity (Wildman–Crippen MR) is 201 cm³/mol. The van der Waals surface area contributed by atoms with Gasteiger partial charge in [-0.05, 0) is 62.7 Å². The molecule has 49 heavy (non-hydrogen) atoms. The van der Waals surface area contributed by atoms with E-state index in [0.717, 1.165) is 21.1 Å². The van der Waals surface area contributed by atoms with Crippen LogP contribution in [0.25, 0.3) is 70.9 Å². The van der Waals surface area contributed by atoms with Gasteiger partial charge < -0.3 is 4.57 Å². The lowest BCUT2D eigenvalue weighted by atomic mass is 9.65. The third-order valence-corrected chi connectivity index (χ3v) is 11.6. The Labute approximate surface area is 287 Å². The number of benzene rings is 7. The van der Waals surface area contributed by atoms with E-state index < -0.39 is 5.41 Å². The predicted octanol–water partition coefficient (Wildman–Crippen LogP) is 11.3. The summed E-state index contributed by atoms with van der Waals surface area (Å²) < 4.78 is 2.50. The van der Waals surface area contributed by atoms with Crippen LogP contribution in [0.5, 0.6) is 0 Å². The van der Waals surface area contributed by atoms with Gasteiger partial charge in [-0.1, -0.05) is 157 Å². The van der Waals surface area contributed by atoms with Crippen LogP contribution in [0.2, 0.25) is 0 Å². The van der Waals surface area contributed by atoms with E-state index in [2.05, 4.69) is 160 Å². The monoisotopic (exact) mass is 641 g/mol. The smallest absolute Gasteiger partial charge is 0.148 e. The molecule has 0 fully saturated rings. The Bertz CT molecular complexity index is 2790. The Kier molecular flexibility index (Phi) is 5.47. The maximum atomic E-state index is 4.63. The Balaban J connectivity index is 1.18. The molecule has 7 aromatic carbocycles. The molecule has 4 heteroatoms. The van der Waals surface area contributed by atoms with E-state index in [1.165, 1.54) is 72.0 Å². The maximum Gasteiger partial charge on any atom is 0.148 e. The summed E-state index contributed by atoms with van der Waals surface area (Å²) in [6, 6.07) is 59.9. The number of hydrogen-bond donors (Lipinski definition) is 0. The van der Waals surface area contributed by atoms with Crippen molar-refractivity contribution in [3.63, 3.8) is 0 Å². The molecule has 2 aliphatic rings. The first-order valence-corrected chi connectivity index (χ1v) is 17.5. The second-order valence-electron chi connectivity index (χ2n) is 13.0. The standard InChI is InChI=1S/C45H27N3S/c1-2-13-28(14-3-1)43-46-47-44(49-43)30-16-10-15-29(27-30)31-19-11-23-37-41(31)34-18-4-6-21-35(34)45(37)36-22-7-9-26-40(36)48-39-25-8-5-17-32(39)33-20-12-24-38(45)42(33)48/h1-27H. The molecule has 0 bridgehead atoms. The summed E-state index contributed by atoms with van der Waals surface area (Å²) in [5, 5.41) is 13.6. The topological polar surface area (TPSA) is 30.7 Å². The number of nitrogens with zero attached hydrogens (tertiary/aromatic N) is 3. The van der Waals surface area contributed by atoms with Crippen molar-refractivity contribution in [1.29, 1.82) is 0 Å².